The molecule has 0 aliphatic carbocycles. The minimum absolute atomic E-state index is 0.116. The lowest BCUT2D eigenvalue weighted by molar-refractivity contribution is 0.150. The molecule has 0 fully saturated rings. The van der Waals surface area contributed by atoms with Crippen LogP contribution < -0.4 is 5.32 Å². The number of hydrogen-bond donors (Lipinski definition) is 2. The van der Waals surface area contributed by atoms with E-state index in [1.807, 2.05) is 13.8 Å². The van der Waals surface area contributed by atoms with Crippen molar-refractivity contribution in [3.05, 3.63) is 52.7 Å². The molecule has 0 saturated heterocycles. The molecule has 1 aliphatic heterocycles. The zero-order valence-corrected chi connectivity index (χ0v) is 11.8. The Kier molecular flexibility index (Phi) is 3.47. The molecule has 21 heavy (non-hydrogen) atoms. The first-order chi connectivity index (χ1) is 9.99. The number of fused-ring (bicyclic) bond motifs is 1. The highest BCUT2D eigenvalue weighted by atomic mass is 19.1. The molecular weight excluding hydrogens is 274 g/mol. The van der Waals surface area contributed by atoms with Crippen molar-refractivity contribution >= 4 is 0 Å². The van der Waals surface area contributed by atoms with Crippen LogP contribution in [0.25, 0.3) is 11.3 Å². The number of rotatable bonds is 2. The number of nitrogens with one attached hydrogen (secondary N) is 1. The van der Waals surface area contributed by atoms with E-state index in [0.717, 1.165) is 11.1 Å². The summed E-state index contributed by atoms with van der Waals surface area (Å²) in [6, 6.07) is 5.43. The van der Waals surface area contributed by atoms with E-state index in [2.05, 4.69) is 10.3 Å². The molecule has 2 aromatic rings. The van der Waals surface area contributed by atoms with E-state index in [1.165, 1.54) is 18.2 Å². The topological polar surface area (TPSA) is 45.2 Å². The average Bonchev–Trinajstić information content (AvgIpc) is 2.79. The van der Waals surface area contributed by atoms with E-state index in [1.54, 1.807) is 6.07 Å². The van der Waals surface area contributed by atoms with Gasteiger partial charge in [0.25, 0.3) is 0 Å². The number of hydrogen-bond acceptors (Lipinski definition) is 3. The van der Waals surface area contributed by atoms with Gasteiger partial charge in [-0.05, 0) is 29.7 Å². The zero-order valence-electron chi connectivity index (χ0n) is 11.8. The number of halogens is 2. The number of pyridine rings is 1. The van der Waals surface area contributed by atoms with Crippen molar-refractivity contribution in [2.24, 2.45) is 0 Å². The van der Waals surface area contributed by atoms with Crippen LogP contribution in [0.5, 0.6) is 0 Å². The first-order valence-corrected chi connectivity index (χ1v) is 6.88. The molecule has 110 valence electrons. The highest BCUT2D eigenvalue weighted by Gasteiger charge is 2.27. The van der Waals surface area contributed by atoms with E-state index in [4.69, 9.17) is 0 Å². The second-order valence-electron chi connectivity index (χ2n) is 5.49. The maximum atomic E-state index is 14.0. The van der Waals surface area contributed by atoms with Gasteiger partial charge in [-0.3, -0.25) is 10.3 Å². The lowest BCUT2D eigenvalue weighted by atomic mass is 9.94. The van der Waals surface area contributed by atoms with Gasteiger partial charge in [0.1, 0.15) is 17.9 Å². The smallest absolute Gasteiger partial charge is 0.135 e. The summed E-state index contributed by atoms with van der Waals surface area (Å²) in [6.07, 6.45) is -0.774. The van der Waals surface area contributed by atoms with Gasteiger partial charge in [0.2, 0.25) is 0 Å². The fraction of sp³-hybridized carbons (Fsp3) is 0.312. The molecule has 2 heterocycles. The van der Waals surface area contributed by atoms with Gasteiger partial charge in [-0.25, -0.2) is 8.78 Å². The van der Waals surface area contributed by atoms with Gasteiger partial charge in [0.15, 0.2) is 0 Å². The van der Waals surface area contributed by atoms with Gasteiger partial charge in [-0.1, -0.05) is 19.9 Å². The predicted octanol–water partition coefficient (Wildman–Crippen LogP) is 3.24. The lowest BCUT2D eigenvalue weighted by Gasteiger charge is -2.16. The summed E-state index contributed by atoms with van der Waals surface area (Å²) in [5.41, 5.74) is 2.37. The van der Waals surface area contributed by atoms with Crippen LogP contribution in [0.1, 0.15) is 42.8 Å². The normalized spacial score (nSPS) is 17.3. The number of aromatic nitrogens is 1. The summed E-state index contributed by atoms with van der Waals surface area (Å²) >= 11 is 0. The largest absolute Gasteiger partial charge is 0.374 e. The quantitative estimate of drug-likeness (QED) is 0.892. The molecule has 0 bridgehead atoms. The molecule has 1 aliphatic rings. The van der Waals surface area contributed by atoms with Crippen LogP contribution in [0.4, 0.5) is 8.78 Å². The fourth-order valence-corrected chi connectivity index (χ4v) is 2.72. The van der Waals surface area contributed by atoms with Gasteiger partial charge < -0.3 is 5.11 Å². The maximum absolute atomic E-state index is 14.0. The highest BCUT2D eigenvalue weighted by Crippen LogP contribution is 2.35. The summed E-state index contributed by atoms with van der Waals surface area (Å²) in [6.45, 7) is 4.34. The van der Waals surface area contributed by atoms with E-state index in [-0.39, 0.29) is 17.2 Å². The molecule has 0 amide bonds. The van der Waals surface area contributed by atoms with Gasteiger partial charge in [0.05, 0.1) is 17.0 Å². The van der Waals surface area contributed by atoms with Gasteiger partial charge in [-0.15, -0.1) is 0 Å². The van der Waals surface area contributed by atoms with Crippen LogP contribution in [-0.2, 0) is 6.54 Å². The van der Waals surface area contributed by atoms with Gasteiger partial charge in [-0.2, -0.15) is 0 Å². The summed E-state index contributed by atoms with van der Waals surface area (Å²) in [7, 11) is 0. The van der Waals surface area contributed by atoms with Crippen molar-refractivity contribution in [2.75, 3.05) is 0 Å². The second-order valence-corrected chi connectivity index (χ2v) is 5.49. The SMILES string of the molecule is CC(C)c1cc(-c2c(F)cccc2F)nc2c1C(O)NC2. The molecule has 1 atom stereocenters. The first kappa shape index (κ1) is 14.1. The number of aliphatic hydroxyl groups excluding tert-OH is 1. The minimum atomic E-state index is -0.774. The Labute approximate surface area is 121 Å². The highest BCUT2D eigenvalue weighted by molar-refractivity contribution is 5.63. The molecule has 1 aromatic carbocycles. The van der Waals surface area contributed by atoms with Crippen LogP contribution in [0.15, 0.2) is 24.3 Å². The van der Waals surface area contributed by atoms with Crippen molar-refractivity contribution in [1.29, 1.82) is 0 Å². The van der Waals surface area contributed by atoms with Gasteiger partial charge in [0, 0.05) is 12.1 Å². The lowest BCUT2D eigenvalue weighted by Crippen LogP contribution is -2.11. The molecule has 2 N–H and O–H groups in total. The standard InChI is InChI=1S/C16H16F2N2O/c1-8(2)9-6-12(15-10(17)4-3-5-11(15)18)20-13-7-19-16(21)14(9)13/h3-6,8,16,19,21H,7H2,1-2H3. The van der Waals surface area contributed by atoms with Crippen molar-refractivity contribution < 1.29 is 13.9 Å². The molecule has 1 aromatic heterocycles. The second kappa shape index (κ2) is 5.16. The Morgan fingerprint density at radius 1 is 1.29 bits per heavy atom. The van der Waals surface area contributed by atoms with Crippen LogP contribution in [0.2, 0.25) is 0 Å². The third kappa shape index (κ3) is 2.32. The van der Waals surface area contributed by atoms with E-state index < -0.39 is 17.9 Å². The number of nitrogens with zero attached hydrogens (tertiary/aromatic N) is 1. The Hall–Kier alpha value is -1.85. The summed E-state index contributed by atoms with van der Waals surface area (Å²) in [5.74, 6) is -1.16. The molecule has 1 unspecified atom stereocenters. The monoisotopic (exact) mass is 290 g/mol. The Morgan fingerprint density at radius 3 is 2.57 bits per heavy atom. The van der Waals surface area contributed by atoms with Gasteiger partial charge >= 0.3 is 0 Å². The van der Waals surface area contributed by atoms with Crippen LogP contribution in [0.3, 0.4) is 0 Å². The summed E-state index contributed by atoms with van der Waals surface area (Å²) in [4.78, 5) is 4.34. The average molecular weight is 290 g/mol. The minimum Gasteiger partial charge on any atom is -0.374 e. The fourth-order valence-electron chi connectivity index (χ4n) is 2.72. The predicted molar refractivity (Wildman–Crippen MR) is 75.5 cm³/mol. The summed E-state index contributed by atoms with van der Waals surface area (Å²) in [5, 5.41) is 12.9. The molecule has 0 radical (unpaired) electrons. The number of benzene rings is 1. The van der Waals surface area contributed by atoms with Crippen LogP contribution in [0, 0.1) is 11.6 Å². The summed E-state index contributed by atoms with van der Waals surface area (Å²) < 4.78 is 27.9. The Balaban J connectivity index is 2.24. The van der Waals surface area contributed by atoms with E-state index >= 15 is 0 Å². The molecule has 3 rings (SSSR count). The van der Waals surface area contributed by atoms with Crippen molar-refractivity contribution in [3.8, 4) is 11.3 Å². The molecular formula is C16H16F2N2O. The maximum Gasteiger partial charge on any atom is 0.135 e. The Morgan fingerprint density at radius 2 is 1.95 bits per heavy atom. The first-order valence-electron chi connectivity index (χ1n) is 6.88. The molecule has 3 nitrogen and oxygen atoms in total. The molecule has 0 saturated carbocycles. The Bertz CT molecular complexity index is 681. The van der Waals surface area contributed by atoms with E-state index in [0.29, 0.717) is 12.2 Å². The van der Waals surface area contributed by atoms with E-state index in [9.17, 15) is 13.9 Å². The molecule has 0 spiro atoms. The number of aliphatic hydroxyl groups is 1. The van der Waals surface area contributed by atoms with Crippen LogP contribution in [-0.4, -0.2) is 10.1 Å². The van der Waals surface area contributed by atoms with Crippen molar-refractivity contribution in [2.45, 2.75) is 32.5 Å². The molecule has 5 heteroatoms. The third-order valence-electron chi connectivity index (χ3n) is 3.75. The van der Waals surface area contributed by atoms with Crippen molar-refractivity contribution in [1.82, 2.24) is 10.3 Å². The third-order valence-corrected chi connectivity index (χ3v) is 3.75. The van der Waals surface area contributed by atoms with Crippen molar-refractivity contribution in [3.63, 3.8) is 0 Å². The zero-order chi connectivity index (χ0) is 15.1. The van der Waals surface area contributed by atoms with Crippen LogP contribution >= 0.6 is 0 Å².